The minimum absolute atomic E-state index is 0.0000844. The Balaban J connectivity index is 1.54. The third kappa shape index (κ3) is 6.12. The predicted molar refractivity (Wildman–Crippen MR) is 128 cm³/mol. The molecule has 1 unspecified atom stereocenters. The Bertz CT molecular complexity index is 1180. The molecule has 1 fully saturated rings. The molecule has 0 aliphatic heterocycles. The monoisotopic (exact) mass is 504 g/mol. The van der Waals surface area contributed by atoms with Crippen LogP contribution in [0.3, 0.4) is 0 Å². The van der Waals surface area contributed by atoms with E-state index in [1.165, 1.54) is 11.8 Å². The fourth-order valence-corrected chi connectivity index (χ4v) is 4.43. The molecule has 1 saturated carbocycles. The highest BCUT2D eigenvalue weighted by Gasteiger charge is 2.32. The highest BCUT2D eigenvalue weighted by atomic mass is 35.5. The smallest absolute Gasteiger partial charge is 0.326 e. The van der Waals surface area contributed by atoms with Gasteiger partial charge in [0.05, 0.1) is 16.3 Å². The summed E-state index contributed by atoms with van der Waals surface area (Å²) in [6, 6.07) is 18.8. The third-order valence-corrected chi connectivity index (χ3v) is 6.81. The molecule has 9 heteroatoms. The van der Waals surface area contributed by atoms with E-state index in [1.807, 2.05) is 6.07 Å². The van der Waals surface area contributed by atoms with Crippen LogP contribution < -0.4 is 10.6 Å². The van der Waals surface area contributed by atoms with Crippen LogP contribution in [0.5, 0.6) is 0 Å². The van der Waals surface area contributed by atoms with Gasteiger partial charge in [0.1, 0.15) is 5.25 Å². The number of hydrogen-bond acceptors (Lipinski definition) is 3. The molecular formula is C25H20ClF3N2O2S. The molecule has 4 nitrogen and oxygen atoms in total. The van der Waals surface area contributed by atoms with Gasteiger partial charge in [-0.2, -0.15) is 13.2 Å². The molecule has 1 atom stereocenters. The predicted octanol–water partition coefficient (Wildman–Crippen LogP) is 7.18. The van der Waals surface area contributed by atoms with Gasteiger partial charge in [-0.1, -0.05) is 41.9 Å². The average Bonchev–Trinajstić information content (AvgIpc) is 3.65. The zero-order valence-electron chi connectivity index (χ0n) is 17.7. The molecule has 1 aliphatic rings. The van der Waals surface area contributed by atoms with Crippen LogP contribution in [0.2, 0.25) is 5.02 Å². The molecule has 3 aromatic rings. The van der Waals surface area contributed by atoms with Crippen LogP contribution in [0.1, 0.15) is 29.2 Å². The molecule has 0 spiro atoms. The largest absolute Gasteiger partial charge is 0.416 e. The molecule has 2 amide bonds. The molecule has 2 N–H and O–H groups in total. The maximum atomic E-state index is 13.2. The van der Waals surface area contributed by atoms with E-state index in [-0.39, 0.29) is 22.5 Å². The Morgan fingerprint density at radius 2 is 1.62 bits per heavy atom. The second-order valence-electron chi connectivity index (χ2n) is 7.88. The number of amides is 2. The summed E-state index contributed by atoms with van der Waals surface area (Å²) >= 11 is 7.30. The first-order valence-corrected chi connectivity index (χ1v) is 11.8. The van der Waals surface area contributed by atoms with Crippen molar-refractivity contribution in [2.45, 2.75) is 29.2 Å². The molecule has 4 rings (SSSR count). The molecule has 0 radical (unpaired) electrons. The fraction of sp³-hybridized carbons (Fsp3) is 0.200. The summed E-state index contributed by atoms with van der Waals surface area (Å²) in [5.41, 5.74) is 0.332. The van der Waals surface area contributed by atoms with E-state index in [4.69, 9.17) is 11.6 Å². The molecule has 0 aromatic heterocycles. The van der Waals surface area contributed by atoms with Crippen LogP contribution in [0.15, 0.2) is 77.7 Å². The maximum absolute atomic E-state index is 13.2. The Morgan fingerprint density at radius 3 is 2.24 bits per heavy atom. The topological polar surface area (TPSA) is 58.2 Å². The molecule has 176 valence electrons. The van der Waals surface area contributed by atoms with Crippen molar-refractivity contribution < 1.29 is 22.8 Å². The average molecular weight is 505 g/mol. The minimum Gasteiger partial charge on any atom is -0.326 e. The van der Waals surface area contributed by atoms with Gasteiger partial charge >= 0.3 is 6.18 Å². The zero-order chi connectivity index (χ0) is 24.3. The minimum atomic E-state index is -4.56. The molecule has 3 aromatic carbocycles. The second-order valence-corrected chi connectivity index (χ2v) is 9.46. The van der Waals surface area contributed by atoms with Gasteiger partial charge in [0.2, 0.25) is 11.8 Å². The van der Waals surface area contributed by atoms with Crippen LogP contribution in [0, 0.1) is 5.92 Å². The van der Waals surface area contributed by atoms with E-state index >= 15 is 0 Å². The normalized spacial score (nSPS) is 14.4. The number of halogens is 4. The van der Waals surface area contributed by atoms with Gasteiger partial charge in [-0.15, -0.1) is 11.8 Å². The summed E-state index contributed by atoms with van der Waals surface area (Å²) in [6.07, 6.45) is -2.75. The van der Waals surface area contributed by atoms with Gasteiger partial charge in [0, 0.05) is 16.5 Å². The van der Waals surface area contributed by atoms with E-state index in [0.717, 1.165) is 35.9 Å². The molecule has 1 aliphatic carbocycles. The number of thioether (sulfide) groups is 1. The number of hydrogen-bond donors (Lipinski definition) is 2. The van der Waals surface area contributed by atoms with Gasteiger partial charge in [0.25, 0.3) is 0 Å². The second kappa shape index (κ2) is 10.1. The van der Waals surface area contributed by atoms with E-state index in [0.29, 0.717) is 11.3 Å². The molecule has 0 saturated heterocycles. The van der Waals surface area contributed by atoms with E-state index in [9.17, 15) is 22.8 Å². The highest BCUT2D eigenvalue weighted by Crippen LogP contribution is 2.39. The quantitative estimate of drug-likeness (QED) is 0.335. The lowest BCUT2D eigenvalue weighted by atomic mass is 10.1. The number of nitrogens with one attached hydrogen (secondary N) is 2. The first kappa shape index (κ1) is 24.2. The van der Waals surface area contributed by atoms with Gasteiger partial charge in [0.15, 0.2) is 0 Å². The lowest BCUT2D eigenvalue weighted by molar-refractivity contribution is -0.137. The molecule has 0 heterocycles. The first-order valence-electron chi connectivity index (χ1n) is 10.5. The number of anilines is 2. The van der Waals surface area contributed by atoms with Crippen LogP contribution in [0.25, 0.3) is 0 Å². The summed E-state index contributed by atoms with van der Waals surface area (Å²) in [4.78, 5) is 25.9. The SMILES string of the molecule is O=C(Nc1ccc(SC(C(=O)Nc2cc(C(F)(F)F)ccc2Cl)c2ccccc2)cc1)C1CC1. The van der Waals surface area contributed by atoms with Crippen molar-refractivity contribution in [3.63, 3.8) is 0 Å². The van der Waals surface area contributed by atoms with E-state index in [2.05, 4.69) is 10.6 Å². The fourth-order valence-electron chi connectivity index (χ4n) is 3.24. The zero-order valence-corrected chi connectivity index (χ0v) is 19.3. The van der Waals surface area contributed by atoms with Gasteiger partial charge < -0.3 is 10.6 Å². The lowest BCUT2D eigenvalue weighted by Crippen LogP contribution is -2.19. The standard InChI is InChI=1S/C25H20ClF3N2O2S/c26-20-13-8-17(25(27,28)29)14-21(20)31-24(33)22(15-4-2-1-3-5-15)34-19-11-9-18(10-12-19)30-23(32)16-6-7-16/h1-5,8-14,16,22H,6-7H2,(H,30,32)(H,31,33). The van der Waals surface area contributed by atoms with Crippen LogP contribution in [-0.4, -0.2) is 11.8 Å². The molecular weight excluding hydrogens is 485 g/mol. The molecule has 0 bridgehead atoms. The van der Waals surface area contributed by atoms with Gasteiger partial charge in [-0.3, -0.25) is 9.59 Å². The Hall–Kier alpha value is -2.97. The number of carbonyl (C=O) groups is 2. The maximum Gasteiger partial charge on any atom is 0.416 e. The van der Waals surface area contributed by atoms with E-state index < -0.39 is 22.9 Å². The summed E-state index contributed by atoms with van der Waals surface area (Å²) in [5, 5.41) is 4.67. The number of benzene rings is 3. The van der Waals surface area contributed by atoms with Crippen molar-refractivity contribution >= 4 is 46.6 Å². The Morgan fingerprint density at radius 1 is 0.941 bits per heavy atom. The van der Waals surface area contributed by atoms with Crippen molar-refractivity contribution in [1.82, 2.24) is 0 Å². The molecule has 34 heavy (non-hydrogen) atoms. The van der Waals surface area contributed by atoms with Crippen LogP contribution in [-0.2, 0) is 15.8 Å². The Labute approximate surface area is 203 Å². The Kier molecular flexibility index (Phi) is 7.19. The summed E-state index contributed by atoms with van der Waals surface area (Å²) < 4.78 is 39.4. The lowest BCUT2D eigenvalue weighted by Gasteiger charge is -2.18. The highest BCUT2D eigenvalue weighted by molar-refractivity contribution is 8.00. The van der Waals surface area contributed by atoms with E-state index in [1.54, 1.807) is 48.5 Å². The number of rotatable bonds is 7. The van der Waals surface area contributed by atoms with Crippen molar-refractivity contribution in [2.75, 3.05) is 10.6 Å². The van der Waals surface area contributed by atoms with Crippen LogP contribution in [0.4, 0.5) is 24.5 Å². The van der Waals surface area contributed by atoms with Crippen molar-refractivity contribution in [2.24, 2.45) is 5.92 Å². The van der Waals surface area contributed by atoms with Gasteiger partial charge in [-0.05, 0) is 60.9 Å². The van der Waals surface area contributed by atoms with Crippen molar-refractivity contribution in [3.05, 3.63) is 88.9 Å². The third-order valence-electron chi connectivity index (χ3n) is 5.22. The summed E-state index contributed by atoms with van der Waals surface area (Å²) in [5.74, 6) is -0.425. The van der Waals surface area contributed by atoms with Crippen molar-refractivity contribution in [1.29, 1.82) is 0 Å². The number of alkyl halides is 3. The summed E-state index contributed by atoms with van der Waals surface area (Å²) in [6.45, 7) is 0. The van der Waals surface area contributed by atoms with Gasteiger partial charge in [-0.25, -0.2) is 0 Å². The summed E-state index contributed by atoms with van der Waals surface area (Å²) in [7, 11) is 0. The van der Waals surface area contributed by atoms with Crippen LogP contribution >= 0.6 is 23.4 Å². The number of carbonyl (C=O) groups excluding carboxylic acids is 2. The van der Waals surface area contributed by atoms with Crippen molar-refractivity contribution in [3.8, 4) is 0 Å². The first-order chi connectivity index (χ1) is 16.2.